The molecule has 0 saturated heterocycles. The van der Waals surface area contributed by atoms with Crippen molar-refractivity contribution in [1.29, 1.82) is 0 Å². The number of benzene rings is 1. The Morgan fingerprint density at radius 3 is 2.38 bits per heavy atom. The van der Waals surface area contributed by atoms with Crippen molar-refractivity contribution in [3.05, 3.63) is 36.5 Å². The van der Waals surface area contributed by atoms with Crippen LogP contribution in [0.15, 0.2) is 36.5 Å². The highest BCUT2D eigenvalue weighted by molar-refractivity contribution is 5.85. The van der Waals surface area contributed by atoms with E-state index in [2.05, 4.69) is 9.97 Å². The van der Waals surface area contributed by atoms with E-state index >= 15 is 0 Å². The molecule has 68 valence electrons. The van der Waals surface area contributed by atoms with Gasteiger partial charge in [-0.1, -0.05) is 30.3 Å². The van der Waals surface area contributed by atoms with E-state index in [1.165, 1.54) is 0 Å². The van der Waals surface area contributed by atoms with Crippen molar-refractivity contribution in [2.24, 2.45) is 0 Å². The van der Waals surface area contributed by atoms with Gasteiger partial charge in [-0.05, 0) is 0 Å². The molecule has 4 heteroatoms. The third kappa shape index (κ3) is 2.00. The predicted molar refractivity (Wildman–Crippen MR) is 55.7 cm³/mol. The Bertz CT molecular complexity index is 369. The molecule has 2 rings (SSSR count). The van der Waals surface area contributed by atoms with Crippen LogP contribution in [0.5, 0.6) is 0 Å². The first-order valence-corrected chi connectivity index (χ1v) is 3.72. The van der Waals surface area contributed by atoms with E-state index in [0.29, 0.717) is 5.82 Å². The standard InChI is InChI=1S/C9H9N3.ClH/c10-8-6-11-9(12-8)7-4-2-1-3-5-7;/h1-6H,10H2,(H,11,12);1H. The zero-order chi connectivity index (χ0) is 8.39. The molecule has 0 radical (unpaired) electrons. The van der Waals surface area contributed by atoms with Crippen molar-refractivity contribution in [3.63, 3.8) is 0 Å². The lowest BCUT2D eigenvalue weighted by molar-refractivity contribution is 1.31. The molecule has 1 aromatic heterocycles. The van der Waals surface area contributed by atoms with Crippen LogP contribution in [0.1, 0.15) is 0 Å². The minimum atomic E-state index is 0. The first-order chi connectivity index (χ1) is 5.86. The van der Waals surface area contributed by atoms with Crippen molar-refractivity contribution in [2.75, 3.05) is 5.73 Å². The fraction of sp³-hybridized carbons (Fsp3) is 0. The van der Waals surface area contributed by atoms with Crippen LogP contribution >= 0.6 is 12.4 Å². The third-order valence-electron chi connectivity index (χ3n) is 1.64. The molecule has 3 N–H and O–H groups in total. The zero-order valence-corrected chi connectivity index (χ0v) is 7.71. The predicted octanol–water partition coefficient (Wildman–Crippen LogP) is 2.08. The number of H-pyrrole nitrogens is 1. The largest absolute Gasteiger partial charge is 0.384 e. The molecule has 0 unspecified atom stereocenters. The van der Waals surface area contributed by atoms with Gasteiger partial charge in [0.25, 0.3) is 0 Å². The molecular formula is C9H10ClN3. The van der Waals surface area contributed by atoms with Crippen LogP contribution in [-0.4, -0.2) is 9.97 Å². The summed E-state index contributed by atoms with van der Waals surface area (Å²) in [4.78, 5) is 7.06. The van der Waals surface area contributed by atoms with Gasteiger partial charge in [0.1, 0.15) is 11.6 Å². The van der Waals surface area contributed by atoms with Crippen LogP contribution in [0.25, 0.3) is 11.4 Å². The van der Waals surface area contributed by atoms with Gasteiger partial charge in [0, 0.05) is 5.56 Å². The Balaban J connectivity index is 0.000000845. The summed E-state index contributed by atoms with van der Waals surface area (Å²) >= 11 is 0. The highest BCUT2D eigenvalue weighted by Gasteiger charge is 1.98. The molecule has 1 heterocycles. The molecule has 0 aliphatic heterocycles. The Hall–Kier alpha value is -1.48. The number of imidazole rings is 1. The van der Waals surface area contributed by atoms with E-state index in [1.54, 1.807) is 6.20 Å². The Kier molecular flexibility index (Phi) is 2.93. The zero-order valence-electron chi connectivity index (χ0n) is 6.90. The number of aromatic nitrogens is 2. The molecule has 3 nitrogen and oxygen atoms in total. The van der Waals surface area contributed by atoms with Gasteiger partial charge in [0.2, 0.25) is 0 Å². The van der Waals surface area contributed by atoms with E-state index < -0.39 is 0 Å². The van der Waals surface area contributed by atoms with Crippen molar-refractivity contribution in [3.8, 4) is 11.4 Å². The molecule has 2 aromatic rings. The molecule has 0 amide bonds. The van der Waals surface area contributed by atoms with Crippen LogP contribution in [-0.2, 0) is 0 Å². The van der Waals surface area contributed by atoms with Gasteiger partial charge in [0.05, 0.1) is 6.20 Å². The van der Waals surface area contributed by atoms with E-state index in [0.717, 1.165) is 11.4 Å². The second kappa shape index (κ2) is 3.96. The minimum absolute atomic E-state index is 0. The summed E-state index contributed by atoms with van der Waals surface area (Å²) in [6, 6.07) is 9.87. The van der Waals surface area contributed by atoms with Crippen LogP contribution in [0.2, 0.25) is 0 Å². The molecule has 0 spiro atoms. The molecule has 0 fully saturated rings. The van der Waals surface area contributed by atoms with Gasteiger partial charge < -0.3 is 10.7 Å². The van der Waals surface area contributed by atoms with E-state index in [9.17, 15) is 0 Å². The number of halogens is 1. The van der Waals surface area contributed by atoms with Gasteiger partial charge in [0.15, 0.2) is 0 Å². The smallest absolute Gasteiger partial charge is 0.138 e. The molecule has 0 atom stereocenters. The maximum absolute atomic E-state index is 5.50. The molecule has 0 aliphatic rings. The summed E-state index contributed by atoms with van der Waals surface area (Å²) in [5.74, 6) is 1.40. The maximum atomic E-state index is 5.50. The molecular weight excluding hydrogens is 186 g/mol. The van der Waals surface area contributed by atoms with E-state index in [4.69, 9.17) is 5.73 Å². The minimum Gasteiger partial charge on any atom is -0.384 e. The number of aromatic amines is 1. The number of hydrogen-bond donors (Lipinski definition) is 2. The summed E-state index contributed by atoms with van der Waals surface area (Å²) in [5.41, 5.74) is 6.55. The van der Waals surface area contributed by atoms with Gasteiger partial charge in [-0.25, -0.2) is 4.98 Å². The first kappa shape index (κ1) is 9.61. The van der Waals surface area contributed by atoms with E-state index in [1.807, 2.05) is 30.3 Å². The third-order valence-corrected chi connectivity index (χ3v) is 1.64. The number of nitrogens with one attached hydrogen (secondary N) is 1. The Morgan fingerprint density at radius 1 is 1.15 bits per heavy atom. The van der Waals surface area contributed by atoms with Crippen LogP contribution in [0.3, 0.4) is 0 Å². The lowest BCUT2D eigenvalue weighted by Crippen LogP contribution is -1.83. The quantitative estimate of drug-likeness (QED) is 0.732. The normalized spacial score (nSPS) is 9.23. The fourth-order valence-corrected chi connectivity index (χ4v) is 1.08. The second-order valence-corrected chi connectivity index (χ2v) is 2.55. The second-order valence-electron chi connectivity index (χ2n) is 2.55. The van der Waals surface area contributed by atoms with Crippen molar-refractivity contribution in [2.45, 2.75) is 0 Å². The summed E-state index contributed by atoms with van der Waals surface area (Å²) in [6.45, 7) is 0. The summed E-state index contributed by atoms with van der Waals surface area (Å²) in [6.07, 6.45) is 1.61. The van der Waals surface area contributed by atoms with Crippen LogP contribution in [0.4, 0.5) is 5.82 Å². The topological polar surface area (TPSA) is 54.7 Å². The highest BCUT2D eigenvalue weighted by atomic mass is 35.5. The monoisotopic (exact) mass is 195 g/mol. The van der Waals surface area contributed by atoms with Crippen LogP contribution in [0, 0.1) is 0 Å². The van der Waals surface area contributed by atoms with Crippen molar-refractivity contribution < 1.29 is 0 Å². The summed E-state index contributed by atoms with van der Waals surface area (Å²) in [5, 5.41) is 0. The average molecular weight is 196 g/mol. The number of hydrogen-bond acceptors (Lipinski definition) is 2. The molecule has 0 aliphatic carbocycles. The van der Waals surface area contributed by atoms with E-state index in [-0.39, 0.29) is 12.4 Å². The van der Waals surface area contributed by atoms with Crippen molar-refractivity contribution in [1.82, 2.24) is 9.97 Å². The maximum Gasteiger partial charge on any atom is 0.138 e. The summed E-state index contributed by atoms with van der Waals surface area (Å²) in [7, 11) is 0. The lowest BCUT2D eigenvalue weighted by atomic mass is 10.2. The molecule has 13 heavy (non-hydrogen) atoms. The van der Waals surface area contributed by atoms with Gasteiger partial charge in [-0.2, -0.15) is 0 Å². The Morgan fingerprint density at radius 2 is 1.85 bits per heavy atom. The molecule has 1 aromatic carbocycles. The Labute approximate surface area is 82.4 Å². The number of nitrogens with two attached hydrogens (primary N) is 1. The summed E-state index contributed by atoms with van der Waals surface area (Å²) < 4.78 is 0. The number of nitrogens with zero attached hydrogens (tertiary/aromatic N) is 1. The highest BCUT2D eigenvalue weighted by Crippen LogP contribution is 2.14. The average Bonchev–Trinajstić information content (AvgIpc) is 2.54. The van der Waals surface area contributed by atoms with Crippen LogP contribution < -0.4 is 5.73 Å². The molecule has 0 saturated carbocycles. The van der Waals surface area contributed by atoms with Gasteiger partial charge in [-0.3, -0.25) is 0 Å². The van der Waals surface area contributed by atoms with Gasteiger partial charge >= 0.3 is 0 Å². The number of anilines is 1. The van der Waals surface area contributed by atoms with Gasteiger partial charge in [-0.15, -0.1) is 12.4 Å². The SMILES string of the molecule is Cl.Nc1cnc(-c2ccccc2)[nH]1. The fourth-order valence-electron chi connectivity index (χ4n) is 1.08. The van der Waals surface area contributed by atoms with Crippen molar-refractivity contribution >= 4 is 18.2 Å². The number of nitrogen functional groups attached to an aromatic ring is 1. The number of rotatable bonds is 1. The lowest BCUT2D eigenvalue weighted by Gasteiger charge is -1.93. The molecule has 0 bridgehead atoms. The first-order valence-electron chi connectivity index (χ1n) is 3.72.